The molecule has 0 fully saturated rings. The molecule has 0 unspecified atom stereocenters. The van der Waals surface area contributed by atoms with Crippen LogP contribution in [-0.2, 0) is 14.3 Å². The van der Waals surface area contributed by atoms with Crippen LogP contribution in [0.5, 0.6) is 0 Å². The first-order valence-corrected chi connectivity index (χ1v) is 10.2. The second-order valence-corrected chi connectivity index (χ2v) is 6.57. The molecule has 0 saturated carbocycles. The normalized spacial score (nSPS) is 10.6. The summed E-state index contributed by atoms with van der Waals surface area (Å²) in [5, 5.41) is 14.8. The summed E-state index contributed by atoms with van der Waals surface area (Å²) in [6, 6.07) is 14.8. The second kappa shape index (κ2) is 12.5. The third-order valence-electron chi connectivity index (χ3n) is 4.29. The molecule has 2 aromatic rings. The molecule has 0 aliphatic rings. The third-order valence-corrected chi connectivity index (χ3v) is 4.29. The Kier molecular flexibility index (Phi) is 9.47. The van der Waals surface area contributed by atoms with Crippen molar-refractivity contribution < 1.29 is 23.9 Å². The van der Waals surface area contributed by atoms with Gasteiger partial charge in [0.1, 0.15) is 11.6 Å². The molecule has 1 amide bonds. The average Bonchev–Trinajstić information content (AvgIpc) is 2.80. The predicted molar refractivity (Wildman–Crippen MR) is 120 cm³/mol. The van der Waals surface area contributed by atoms with Gasteiger partial charge in [0.05, 0.1) is 35.7 Å². The number of carbonyl (C=O) groups is 3. The highest BCUT2D eigenvalue weighted by atomic mass is 16.5. The average molecular weight is 435 g/mol. The van der Waals surface area contributed by atoms with Gasteiger partial charge in [-0.3, -0.25) is 4.79 Å². The van der Waals surface area contributed by atoms with Gasteiger partial charge in [-0.2, -0.15) is 5.26 Å². The van der Waals surface area contributed by atoms with Crippen LogP contribution in [0.3, 0.4) is 0 Å². The fourth-order valence-electron chi connectivity index (χ4n) is 2.64. The van der Waals surface area contributed by atoms with E-state index in [0.717, 1.165) is 12.8 Å². The number of nitrogens with zero attached hydrogens (tertiary/aromatic N) is 1. The van der Waals surface area contributed by atoms with Crippen LogP contribution in [0.15, 0.2) is 60.3 Å². The molecule has 8 heteroatoms. The lowest BCUT2D eigenvalue weighted by Crippen LogP contribution is -2.18. The molecule has 166 valence electrons. The molecular weight excluding hydrogens is 410 g/mol. The van der Waals surface area contributed by atoms with Crippen LogP contribution < -0.4 is 10.6 Å². The van der Waals surface area contributed by atoms with Crippen molar-refractivity contribution in [3.63, 3.8) is 0 Å². The van der Waals surface area contributed by atoms with Crippen LogP contribution in [0.1, 0.15) is 47.4 Å². The van der Waals surface area contributed by atoms with Gasteiger partial charge in [0.2, 0.25) is 0 Å². The van der Waals surface area contributed by atoms with E-state index < -0.39 is 17.8 Å². The molecule has 8 nitrogen and oxygen atoms in total. The molecule has 0 radical (unpaired) electrons. The van der Waals surface area contributed by atoms with E-state index in [2.05, 4.69) is 10.6 Å². The maximum Gasteiger partial charge on any atom is 0.340 e. The highest BCUT2D eigenvalue weighted by Crippen LogP contribution is 2.19. The number of nitrogens with one attached hydrogen (secondary N) is 2. The minimum atomic E-state index is -0.722. The van der Waals surface area contributed by atoms with Crippen LogP contribution >= 0.6 is 0 Å². The minimum Gasteiger partial charge on any atom is -0.462 e. The summed E-state index contributed by atoms with van der Waals surface area (Å²) in [4.78, 5) is 37.0. The molecule has 0 spiro atoms. The zero-order chi connectivity index (χ0) is 23.3. The molecule has 0 aliphatic heterocycles. The van der Waals surface area contributed by atoms with E-state index in [9.17, 15) is 19.6 Å². The molecule has 0 aromatic heterocycles. The lowest BCUT2D eigenvalue weighted by Gasteiger charge is -2.11. The van der Waals surface area contributed by atoms with Crippen LogP contribution in [0, 0.1) is 11.3 Å². The monoisotopic (exact) mass is 435 g/mol. The Morgan fingerprint density at radius 1 is 0.938 bits per heavy atom. The van der Waals surface area contributed by atoms with Gasteiger partial charge in [0.15, 0.2) is 0 Å². The molecule has 0 bridgehead atoms. The van der Waals surface area contributed by atoms with Crippen molar-refractivity contribution in [1.82, 2.24) is 0 Å². The fraction of sp³-hybridized carbons (Fsp3) is 0.250. The number of rotatable bonds is 10. The van der Waals surface area contributed by atoms with E-state index in [1.807, 2.05) is 13.0 Å². The second-order valence-electron chi connectivity index (χ2n) is 6.57. The van der Waals surface area contributed by atoms with Gasteiger partial charge in [-0.1, -0.05) is 37.6 Å². The zero-order valence-electron chi connectivity index (χ0n) is 18.0. The highest BCUT2D eigenvalue weighted by Gasteiger charge is 2.17. The van der Waals surface area contributed by atoms with Gasteiger partial charge in [0, 0.05) is 6.20 Å². The largest absolute Gasteiger partial charge is 0.462 e. The van der Waals surface area contributed by atoms with Gasteiger partial charge in [-0.15, -0.1) is 0 Å². The standard InChI is InChI=1S/C24H25N3O5/c1-3-5-14-32-24(30)18-10-6-8-12-20(18)26-16-17(15-25)22(28)27-21-13-9-7-11-19(21)23(29)31-4-2/h6-13,16,26H,3-5,14H2,1-2H3,(H,27,28)/b17-16-. The highest BCUT2D eigenvalue weighted by molar-refractivity contribution is 6.09. The summed E-state index contributed by atoms with van der Waals surface area (Å²) >= 11 is 0. The van der Waals surface area contributed by atoms with Crippen molar-refractivity contribution in [3.8, 4) is 6.07 Å². The van der Waals surface area contributed by atoms with Crippen LogP contribution in [0.2, 0.25) is 0 Å². The Balaban J connectivity index is 2.17. The van der Waals surface area contributed by atoms with Gasteiger partial charge in [0.25, 0.3) is 5.91 Å². The van der Waals surface area contributed by atoms with Crippen molar-refractivity contribution in [1.29, 1.82) is 5.26 Å². The number of unbranched alkanes of at least 4 members (excludes halogenated alkanes) is 1. The molecule has 0 atom stereocenters. The summed E-state index contributed by atoms with van der Waals surface area (Å²) in [5.74, 6) is -1.81. The number of anilines is 2. The van der Waals surface area contributed by atoms with E-state index in [0.29, 0.717) is 12.3 Å². The number of esters is 2. The van der Waals surface area contributed by atoms with Crippen molar-refractivity contribution in [2.24, 2.45) is 0 Å². The topological polar surface area (TPSA) is 118 Å². The maximum absolute atomic E-state index is 12.6. The Hall–Kier alpha value is -4.12. The summed E-state index contributed by atoms with van der Waals surface area (Å²) in [6.45, 7) is 4.17. The van der Waals surface area contributed by atoms with Crippen molar-refractivity contribution in [2.75, 3.05) is 23.8 Å². The number of hydrogen-bond acceptors (Lipinski definition) is 7. The lowest BCUT2D eigenvalue weighted by molar-refractivity contribution is -0.112. The predicted octanol–water partition coefficient (Wildman–Crippen LogP) is 4.28. The first-order chi connectivity index (χ1) is 15.5. The number of nitriles is 1. The molecule has 0 aliphatic carbocycles. The summed E-state index contributed by atoms with van der Waals surface area (Å²) in [6.07, 6.45) is 2.85. The van der Waals surface area contributed by atoms with Gasteiger partial charge < -0.3 is 20.1 Å². The number of benzene rings is 2. The smallest absolute Gasteiger partial charge is 0.340 e. The van der Waals surface area contributed by atoms with Crippen LogP contribution in [0.25, 0.3) is 0 Å². The number of carbonyl (C=O) groups excluding carboxylic acids is 3. The van der Waals surface area contributed by atoms with E-state index in [-0.39, 0.29) is 29.0 Å². The van der Waals surface area contributed by atoms with E-state index >= 15 is 0 Å². The lowest BCUT2D eigenvalue weighted by atomic mass is 10.1. The van der Waals surface area contributed by atoms with Crippen molar-refractivity contribution in [2.45, 2.75) is 26.7 Å². The van der Waals surface area contributed by atoms with Crippen LogP contribution in [-0.4, -0.2) is 31.1 Å². The van der Waals surface area contributed by atoms with E-state index in [1.54, 1.807) is 43.3 Å². The summed E-state index contributed by atoms with van der Waals surface area (Å²) in [7, 11) is 0. The SMILES string of the molecule is CCCCOC(=O)c1ccccc1N/C=C(/C#N)C(=O)Nc1ccccc1C(=O)OCC. The molecule has 2 N–H and O–H groups in total. The Morgan fingerprint density at radius 3 is 2.16 bits per heavy atom. The fourth-order valence-corrected chi connectivity index (χ4v) is 2.64. The number of para-hydroxylation sites is 2. The maximum atomic E-state index is 12.6. The number of amides is 1. The molecular formula is C24H25N3O5. The van der Waals surface area contributed by atoms with Gasteiger partial charge in [-0.25, -0.2) is 9.59 Å². The molecule has 32 heavy (non-hydrogen) atoms. The van der Waals surface area contributed by atoms with Crippen LogP contribution in [0.4, 0.5) is 11.4 Å². The van der Waals surface area contributed by atoms with Crippen molar-refractivity contribution >= 4 is 29.2 Å². The van der Waals surface area contributed by atoms with Gasteiger partial charge in [-0.05, 0) is 37.6 Å². The Bertz CT molecular complexity index is 1040. The third kappa shape index (κ3) is 6.71. The molecule has 2 aromatic carbocycles. The Morgan fingerprint density at radius 2 is 1.53 bits per heavy atom. The van der Waals surface area contributed by atoms with Gasteiger partial charge >= 0.3 is 11.9 Å². The summed E-state index contributed by atoms with van der Waals surface area (Å²) < 4.78 is 10.2. The molecule has 0 heterocycles. The number of hydrogen-bond donors (Lipinski definition) is 2. The summed E-state index contributed by atoms with van der Waals surface area (Å²) in [5.41, 5.74) is 0.814. The Labute approximate surface area is 186 Å². The quantitative estimate of drug-likeness (QED) is 0.247. The number of ether oxygens (including phenoxy) is 2. The first kappa shape index (κ1) is 24.2. The zero-order valence-corrected chi connectivity index (χ0v) is 18.0. The van der Waals surface area contributed by atoms with Crippen molar-refractivity contribution in [3.05, 3.63) is 71.4 Å². The minimum absolute atomic E-state index is 0.174. The first-order valence-electron chi connectivity index (χ1n) is 10.2. The molecule has 2 rings (SSSR count). The van der Waals surface area contributed by atoms with E-state index in [1.165, 1.54) is 18.3 Å². The molecule has 0 saturated heterocycles. The van der Waals surface area contributed by atoms with E-state index in [4.69, 9.17) is 9.47 Å².